The molecule has 2 aromatic rings. The van der Waals surface area contributed by atoms with Crippen molar-refractivity contribution in [2.24, 2.45) is 0 Å². The number of nitrogen functional groups attached to an aromatic ring is 1. The molecule has 0 spiro atoms. The summed E-state index contributed by atoms with van der Waals surface area (Å²) in [5.74, 6) is 0.511. The molecule has 0 aliphatic carbocycles. The van der Waals surface area contributed by atoms with E-state index < -0.39 is 0 Å². The van der Waals surface area contributed by atoms with Gasteiger partial charge >= 0.3 is 0 Å². The lowest BCUT2D eigenvalue weighted by atomic mass is 10.0. The van der Waals surface area contributed by atoms with Crippen LogP contribution in [0.1, 0.15) is 44.7 Å². The van der Waals surface area contributed by atoms with Crippen LogP contribution in [-0.2, 0) is 6.42 Å². The summed E-state index contributed by atoms with van der Waals surface area (Å²) in [5, 5.41) is 8.26. The van der Waals surface area contributed by atoms with Crippen LogP contribution in [-0.4, -0.2) is 10.2 Å². The number of halogens is 2. The third-order valence-corrected chi connectivity index (χ3v) is 4.35. The van der Waals surface area contributed by atoms with Crippen molar-refractivity contribution >= 4 is 29.0 Å². The number of H-pyrrole nitrogens is 1. The molecular weight excluding hydrogens is 305 g/mol. The van der Waals surface area contributed by atoms with Gasteiger partial charge in [0, 0.05) is 11.3 Å². The summed E-state index contributed by atoms with van der Waals surface area (Å²) in [6.07, 6.45) is 7.14. The SMILES string of the molecule is CCCCCCCc1[nH]nc(N)c1-c1ccc(Cl)c(Cl)c1. The first kappa shape index (κ1) is 16.2. The number of rotatable bonds is 7. The highest BCUT2D eigenvalue weighted by atomic mass is 35.5. The molecule has 114 valence electrons. The van der Waals surface area contributed by atoms with Gasteiger partial charge in [0.15, 0.2) is 5.82 Å². The van der Waals surface area contributed by atoms with E-state index in [1.165, 1.54) is 25.7 Å². The van der Waals surface area contributed by atoms with Gasteiger partial charge in [0.25, 0.3) is 0 Å². The van der Waals surface area contributed by atoms with Crippen LogP contribution in [0.25, 0.3) is 11.1 Å². The van der Waals surface area contributed by atoms with Gasteiger partial charge in [-0.2, -0.15) is 5.10 Å². The number of aromatic nitrogens is 2. The first-order chi connectivity index (χ1) is 10.1. The van der Waals surface area contributed by atoms with Crippen LogP contribution in [0.3, 0.4) is 0 Å². The number of nitrogens with zero attached hydrogens (tertiary/aromatic N) is 1. The standard InChI is InChI=1S/C16H21Cl2N3/c1-2-3-4-5-6-7-14-15(16(19)21-20-14)11-8-9-12(17)13(18)10-11/h8-10H,2-7H2,1H3,(H3,19,20,21). The van der Waals surface area contributed by atoms with Crippen molar-refractivity contribution in [2.45, 2.75) is 45.4 Å². The molecule has 21 heavy (non-hydrogen) atoms. The van der Waals surface area contributed by atoms with Crippen LogP contribution in [0.15, 0.2) is 18.2 Å². The smallest absolute Gasteiger partial charge is 0.153 e. The fraction of sp³-hybridized carbons (Fsp3) is 0.438. The monoisotopic (exact) mass is 325 g/mol. The molecule has 0 radical (unpaired) electrons. The lowest BCUT2D eigenvalue weighted by molar-refractivity contribution is 0.628. The second-order valence-corrected chi connectivity index (χ2v) is 6.07. The Morgan fingerprint density at radius 1 is 1.10 bits per heavy atom. The van der Waals surface area contributed by atoms with Crippen LogP contribution >= 0.6 is 23.2 Å². The largest absolute Gasteiger partial charge is 0.382 e. The number of nitrogens with one attached hydrogen (secondary N) is 1. The van der Waals surface area contributed by atoms with Crippen LogP contribution in [0, 0.1) is 0 Å². The Balaban J connectivity index is 2.12. The molecule has 0 aliphatic heterocycles. The lowest BCUT2D eigenvalue weighted by Gasteiger charge is -2.06. The topological polar surface area (TPSA) is 54.7 Å². The van der Waals surface area contributed by atoms with E-state index in [4.69, 9.17) is 28.9 Å². The Morgan fingerprint density at radius 3 is 2.57 bits per heavy atom. The lowest BCUT2D eigenvalue weighted by Crippen LogP contribution is -1.92. The molecule has 2 rings (SSSR count). The molecule has 0 bridgehead atoms. The number of aromatic amines is 1. The minimum atomic E-state index is 0.511. The van der Waals surface area contributed by atoms with Gasteiger partial charge in [-0.1, -0.05) is 61.9 Å². The maximum absolute atomic E-state index is 6.09. The zero-order chi connectivity index (χ0) is 15.2. The third-order valence-electron chi connectivity index (χ3n) is 3.61. The molecule has 1 heterocycles. The second-order valence-electron chi connectivity index (χ2n) is 5.26. The number of hydrogen-bond donors (Lipinski definition) is 2. The summed E-state index contributed by atoms with van der Waals surface area (Å²) in [6, 6.07) is 5.55. The van der Waals surface area contributed by atoms with Gasteiger partial charge in [-0.05, 0) is 30.5 Å². The zero-order valence-electron chi connectivity index (χ0n) is 12.3. The third kappa shape index (κ3) is 4.14. The van der Waals surface area contributed by atoms with Crippen LogP contribution in [0.2, 0.25) is 10.0 Å². The molecule has 0 aliphatic rings. The maximum Gasteiger partial charge on any atom is 0.153 e. The van der Waals surface area contributed by atoms with E-state index in [2.05, 4.69) is 17.1 Å². The van der Waals surface area contributed by atoms with Crippen molar-refractivity contribution in [1.29, 1.82) is 0 Å². The van der Waals surface area contributed by atoms with Crippen LogP contribution in [0.4, 0.5) is 5.82 Å². The van der Waals surface area contributed by atoms with Gasteiger partial charge < -0.3 is 5.73 Å². The molecule has 0 atom stereocenters. The number of unbranched alkanes of at least 4 members (excludes halogenated alkanes) is 4. The molecule has 3 N–H and O–H groups in total. The van der Waals surface area contributed by atoms with Gasteiger partial charge in [-0.3, -0.25) is 5.10 Å². The van der Waals surface area contributed by atoms with Crippen molar-refractivity contribution in [3.63, 3.8) is 0 Å². The van der Waals surface area contributed by atoms with Crippen molar-refractivity contribution in [3.05, 3.63) is 33.9 Å². The summed E-state index contributed by atoms with van der Waals surface area (Å²) in [5.41, 5.74) is 8.97. The fourth-order valence-electron chi connectivity index (χ4n) is 2.45. The van der Waals surface area contributed by atoms with Crippen molar-refractivity contribution in [3.8, 4) is 11.1 Å². The number of nitrogens with two attached hydrogens (primary N) is 1. The zero-order valence-corrected chi connectivity index (χ0v) is 13.8. The van der Waals surface area contributed by atoms with Gasteiger partial charge in [0.1, 0.15) is 0 Å². The van der Waals surface area contributed by atoms with Gasteiger partial charge in [-0.25, -0.2) is 0 Å². The Bertz CT molecular complexity index is 593. The van der Waals surface area contributed by atoms with E-state index in [9.17, 15) is 0 Å². The van der Waals surface area contributed by atoms with Gasteiger partial charge in [0.2, 0.25) is 0 Å². The second kappa shape index (κ2) is 7.71. The molecular formula is C16H21Cl2N3. The van der Waals surface area contributed by atoms with Crippen molar-refractivity contribution < 1.29 is 0 Å². The van der Waals surface area contributed by atoms with E-state index in [1.807, 2.05) is 12.1 Å². The molecule has 1 aromatic carbocycles. The quantitative estimate of drug-likeness (QED) is 0.662. The minimum absolute atomic E-state index is 0.511. The maximum atomic E-state index is 6.09. The Morgan fingerprint density at radius 2 is 1.86 bits per heavy atom. The van der Waals surface area contributed by atoms with Gasteiger partial charge in [-0.15, -0.1) is 0 Å². The van der Waals surface area contributed by atoms with E-state index in [0.717, 1.165) is 29.7 Å². The molecule has 1 aromatic heterocycles. The van der Waals surface area contributed by atoms with Crippen LogP contribution in [0.5, 0.6) is 0 Å². The molecule has 0 amide bonds. The summed E-state index contributed by atoms with van der Waals surface area (Å²) >= 11 is 12.1. The van der Waals surface area contributed by atoms with Crippen molar-refractivity contribution in [1.82, 2.24) is 10.2 Å². The highest BCUT2D eigenvalue weighted by Gasteiger charge is 2.14. The first-order valence-corrected chi connectivity index (χ1v) is 8.17. The number of anilines is 1. The molecule has 0 fully saturated rings. The Hall–Kier alpha value is -1.19. The summed E-state index contributed by atoms with van der Waals surface area (Å²) in [6.45, 7) is 2.22. The predicted molar refractivity (Wildman–Crippen MR) is 90.9 cm³/mol. The molecule has 0 saturated heterocycles. The summed E-state index contributed by atoms with van der Waals surface area (Å²) in [4.78, 5) is 0. The summed E-state index contributed by atoms with van der Waals surface area (Å²) in [7, 11) is 0. The van der Waals surface area contributed by atoms with Crippen molar-refractivity contribution in [2.75, 3.05) is 5.73 Å². The van der Waals surface area contributed by atoms with Gasteiger partial charge in [0.05, 0.1) is 10.0 Å². The van der Waals surface area contributed by atoms with Crippen LogP contribution < -0.4 is 5.73 Å². The number of benzene rings is 1. The average molecular weight is 326 g/mol. The molecule has 0 saturated carbocycles. The van der Waals surface area contributed by atoms with E-state index in [0.29, 0.717) is 15.9 Å². The Labute approximate surface area is 135 Å². The number of aryl methyl sites for hydroxylation is 1. The Kier molecular flexibility index (Phi) is 5.95. The first-order valence-electron chi connectivity index (χ1n) is 7.41. The highest BCUT2D eigenvalue weighted by molar-refractivity contribution is 6.42. The minimum Gasteiger partial charge on any atom is -0.382 e. The number of hydrogen-bond acceptors (Lipinski definition) is 2. The fourth-order valence-corrected chi connectivity index (χ4v) is 2.75. The van der Waals surface area contributed by atoms with E-state index in [1.54, 1.807) is 6.07 Å². The molecule has 5 heteroatoms. The molecule has 0 unspecified atom stereocenters. The average Bonchev–Trinajstić information content (AvgIpc) is 2.83. The normalized spacial score (nSPS) is 11.0. The summed E-state index contributed by atoms with van der Waals surface area (Å²) < 4.78 is 0. The predicted octanol–water partition coefficient (Wildman–Crippen LogP) is 5.48. The molecule has 3 nitrogen and oxygen atoms in total. The van der Waals surface area contributed by atoms with E-state index in [-0.39, 0.29) is 0 Å². The van der Waals surface area contributed by atoms with E-state index >= 15 is 0 Å². The highest BCUT2D eigenvalue weighted by Crippen LogP contribution is 2.33.